The predicted octanol–water partition coefficient (Wildman–Crippen LogP) is 7.86. The largest absolute Gasteiger partial charge is 0.256 e. The second-order valence-corrected chi connectivity index (χ2v) is 8.61. The highest BCUT2D eigenvalue weighted by atomic mass is 19.2. The van der Waals surface area contributed by atoms with Crippen molar-refractivity contribution in [1.29, 1.82) is 0 Å². The highest BCUT2D eigenvalue weighted by Crippen LogP contribution is 2.22. The maximum atomic E-state index is 14.2. The molecule has 3 atom stereocenters. The standard InChI is InChI=1S/C27H38F2NO/c1-3-5-7-8-9-10-11-22-15-18-25(30-20-22)23-16-13-21(14-17-23)19-24(28)27(29)26(31)12-6-4-2/h13-18,20,24,26-27H,3-12,19H2,1-2H3. The minimum atomic E-state index is -1.95. The smallest absolute Gasteiger partial charge is 0.161 e. The van der Waals surface area contributed by atoms with Crippen LogP contribution >= 0.6 is 0 Å². The second-order valence-electron chi connectivity index (χ2n) is 8.61. The van der Waals surface area contributed by atoms with Gasteiger partial charge < -0.3 is 0 Å². The van der Waals surface area contributed by atoms with Crippen molar-refractivity contribution in [2.24, 2.45) is 0 Å². The van der Waals surface area contributed by atoms with Gasteiger partial charge in [0.25, 0.3) is 0 Å². The summed E-state index contributed by atoms with van der Waals surface area (Å²) in [5.41, 5.74) is 3.77. The molecule has 1 radical (unpaired) electrons. The van der Waals surface area contributed by atoms with Crippen LogP contribution in [-0.4, -0.2) is 23.4 Å². The number of aryl methyl sites for hydroxylation is 1. The zero-order valence-electron chi connectivity index (χ0n) is 19.2. The molecular weight excluding hydrogens is 392 g/mol. The molecule has 0 saturated heterocycles. The Morgan fingerprint density at radius 2 is 1.45 bits per heavy atom. The molecule has 31 heavy (non-hydrogen) atoms. The normalized spacial score (nSPS) is 14.4. The average Bonchev–Trinajstić information content (AvgIpc) is 2.80. The summed E-state index contributed by atoms with van der Waals surface area (Å²) in [4.78, 5) is 4.57. The van der Waals surface area contributed by atoms with Crippen molar-refractivity contribution >= 4 is 0 Å². The summed E-state index contributed by atoms with van der Waals surface area (Å²) in [6, 6.07) is 11.5. The Balaban J connectivity index is 1.83. The number of halogens is 2. The van der Waals surface area contributed by atoms with Gasteiger partial charge in [0.1, 0.15) is 12.3 Å². The van der Waals surface area contributed by atoms with Crippen molar-refractivity contribution in [2.75, 3.05) is 0 Å². The van der Waals surface area contributed by atoms with Crippen LogP contribution in [0.25, 0.3) is 11.3 Å². The first kappa shape index (κ1) is 25.5. The van der Waals surface area contributed by atoms with Gasteiger partial charge in [0.2, 0.25) is 0 Å². The molecule has 4 heteroatoms. The molecule has 0 saturated carbocycles. The molecule has 0 fully saturated rings. The Kier molecular flexibility index (Phi) is 11.7. The molecule has 0 aliphatic carbocycles. The van der Waals surface area contributed by atoms with Gasteiger partial charge in [-0.25, -0.2) is 13.9 Å². The fourth-order valence-corrected chi connectivity index (χ4v) is 3.80. The molecule has 1 aromatic carbocycles. The molecule has 1 aromatic heterocycles. The van der Waals surface area contributed by atoms with Gasteiger partial charge >= 0.3 is 0 Å². The Bertz CT molecular complexity index is 717. The average molecular weight is 431 g/mol. The first-order chi connectivity index (χ1) is 15.0. The van der Waals surface area contributed by atoms with Crippen LogP contribution in [0, 0.1) is 0 Å². The number of rotatable bonds is 15. The highest BCUT2D eigenvalue weighted by molar-refractivity contribution is 5.59. The second kappa shape index (κ2) is 14.3. The monoisotopic (exact) mass is 430 g/mol. The van der Waals surface area contributed by atoms with E-state index < -0.39 is 18.4 Å². The van der Waals surface area contributed by atoms with Gasteiger partial charge in [-0.15, -0.1) is 0 Å². The first-order valence-electron chi connectivity index (χ1n) is 12.0. The molecule has 0 spiro atoms. The van der Waals surface area contributed by atoms with E-state index in [0.29, 0.717) is 12.0 Å². The molecule has 0 aliphatic rings. The number of hydrogen-bond donors (Lipinski definition) is 0. The van der Waals surface area contributed by atoms with Gasteiger partial charge in [0.15, 0.2) is 6.17 Å². The van der Waals surface area contributed by atoms with E-state index in [1.165, 1.54) is 44.1 Å². The number of unbranched alkanes of at least 4 members (excludes halogenated alkanes) is 6. The fourth-order valence-electron chi connectivity index (χ4n) is 3.80. The van der Waals surface area contributed by atoms with Gasteiger partial charge in [-0.2, -0.15) is 0 Å². The third-order valence-electron chi connectivity index (χ3n) is 5.87. The molecule has 3 unspecified atom stereocenters. The minimum Gasteiger partial charge on any atom is -0.256 e. The number of hydrogen-bond acceptors (Lipinski definition) is 1. The molecule has 0 aliphatic heterocycles. The summed E-state index contributed by atoms with van der Waals surface area (Å²) in [5, 5.41) is 11.8. The Morgan fingerprint density at radius 3 is 2.10 bits per heavy atom. The summed E-state index contributed by atoms with van der Waals surface area (Å²) in [6.45, 7) is 4.17. The summed E-state index contributed by atoms with van der Waals surface area (Å²) >= 11 is 0. The van der Waals surface area contributed by atoms with Crippen molar-refractivity contribution in [1.82, 2.24) is 4.98 Å². The van der Waals surface area contributed by atoms with E-state index in [4.69, 9.17) is 0 Å². The lowest BCUT2D eigenvalue weighted by Gasteiger charge is -2.17. The van der Waals surface area contributed by atoms with Gasteiger partial charge in [0, 0.05) is 18.2 Å². The van der Waals surface area contributed by atoms with E-state index in [2.05, 4.69) is 18.0 Å². The summed E-state index contributed by atoms with van der Waals surface area (Å²) < 4.78 is 28.3. The van der Waals surface area contributed by atoms with Crippen LogP contribution < -0.4 is 0 Å². The topological polar surface area (TPSA) is 32.8 Å². The molecule has 0 N–H and O–H groups in total. The van der Waals surface area contributed by atoms with Crippen LogP contribution in [-0.2, 0) is 17.9 Å². The van der Waals surface area contributed by atoms with Crippen molar-refractivity contribution in [2.45, 2.75) is 103 Å². The molecule has 2 aromatic rings. The van der Waals surface area contributed by atoms with Crippen LogP contribution in [0.15, 0.2) is 42.6 Å². The third-order valence-corrected chi connectivity index (χ3v) is 5.87. The van der Waals surface area contributed by atoms with Crippen LogP contribution in [0.4, 0.5) is 8.78 Å². The lowest BCUT2D eigenvalue weighted by Crippen LogP contribution is -2.31. The van der Waals surface area contributed by atoms with E-state index in [-0.39, 0.29) is 12.8 Å². The van der Waals surface area contributed by atoms with Crippen LogP contribution in [0.2, 0.25) is 0 Å². The van der Waals surface area contributed by atoms with E-state index in [0.717, 1.165) is 24.1 Å². The van der Waals surface area contributed by atoms with Crippen LogP contribution in [0.5, 0.6) is 0 Å². The first-order valence-corrected chi connectivity index (χ1v) is 12.0. The Labute approximate surface area is 187 Å². The van der Waals surface area contributed by atoms with Gasteiger partial charge in [-0.3, -0.25) is 4.98 Å². The van der Waals surface area contributed by atoms with Gasteiger partial charge in [0.05, 0.1) is 5.69 Å². The minimum absolute atomic E-state index is 0.0725. The van der Waals surface area contributed by atoms with E-state index in [1.807, 2.05) is 31.3 Å². The molecule has 0 amide bonds. The number of benzene rings is 1. The van der Waals surface area contributed by atoms with Crippen molar-refractivity contribution < 1.29 is 13.9 Å². The maximum Gasteiger partial charge on any atom is 0.161 e. The Morgan fingerprint density at radius 1 is 0.806 bits per heavy atom. The van der Waals surface area contributed by atoms with Crippen molar-refractivity contribution in [3.8, 4) is 11.3 Å². The van der Waals surface area contributed by atoms with Gasteiger partial charge in [-0.05, 0) is 36.5 Å². The molecule has 2 rings (SSSR count). The van der Waals surface area contributed by atoms with E-state index in [9.17, 15) is 13.9 Å². The van der Waals surface area contributed by atoms with E-state index in [1.54, 1.807) is 12.1 Å². The SMILES string of the molecule is CCCCCCCCc1ccc(-c2ccc(CC(F)C(F)C([O])CCCC)cc2)nc1. The lowest BCUT2D eigenvalue weighted by atomic mass is 9.98. The highest BCUT2D eigenvalue weighted by Gasteiger charge is 2.29. The summed E-state index contributed by atoms with van der Waals surface area (Å²) in [6.07, 6.45) is 7.08. The number of alkyl halides is 2. The third kappa shape index (κ3) is 9.06. The zero-order valence-corrected chi connectivity index (χ0v) is 19.2. The molecule has 0 bridgehead atoms. The molecule has 171 valence electrons. The summed E-state index contributed by atoms with van der Waals surface area (Å²) in [7, 11) is 0. The number of pyridine rings is 1. The van der Waals surface area contributed by atoms with E-state index >= 15 is 0 Å². The predicted molar refractivity (Wildman–Crippen MR) is 124 cm³/mol. The maximum absolute atomic E-state index is 14.2. The van der Waals surface area contributed by atoms with Crippen LogP contribution in [0.3, 0.4) is 0 Å². The van der Waals surface area contributed by atoms with Crippen LogP contribution in [0.1, 0.15) is 82.8 Å². The molecular formula is C27H38F2NO. The van der Waals surface area contributed by atoms with Gasteiger partial charge in [-0.1, -0.05) is 89.1 Å². The molecule has 1 heterocycles. The quantitative estimate of drug-likeness (QED) is 0.265. The number of aromatic nitrogens is 1. The Hall–Kier alpha value is -1.81. The molecule has 2 nitrogen and oxygen atoms in total. The lowest BCUT2D eigenvalue weighted by molar-refractivity contribution is -0.0233. The van der Waals surface area contributed by atoms with Crippen molar-refractivity contribution in [3.63, 3.8) is 0 Å². The fraction of sp³-hybridized carbons (Fsp3) is 0.593. The van der Waals surface area contributed by atoms with Crippen molar-refractivity contribution in [3.05, 3.63) is 53.7 Å². The summed E-state index contributed by atoms with van der Waals surface area (Å²) in [5.74, 6) is 0. The number of nitrogens with zero attached hydrogens (tertiary/aromatic N) is 1. The zero-order chi connectivity index (χ0) is 22.5.